The molecule has 50 valence electrons. The molecular weight excluding hydrogens is 141 g/mol. The molecule has 0 saturated heterocycles. The molecule has 0 aliphatic heterocycles. The van der Waals surface area contributed by atoms with Crippen LogP contribution in [0.25, 0.3) is 0 Å². The Hall–Kier alpha value is 0.01000. The molecule has 3 nitrogen and oxygen atoms in total. The Morgan fingerprint density at radius 2 is 1.62 bits per heavy atom. The Morgan fingerprint density at radius 3 is 1.88 bits per heavy atom. The highest BCUT2D eigenvalue weighted by Crippen LogP contribution is 2.22. The zero-order chi connectivity index (χ0) is 6.41. The van der Waals surface area contributed by atoms with E-state index < -0.39 is 22.0 Å². The first-order valence-corrected chi connectivity index (χ1v) is 2.95. The first kappa shape index (κ1) is 8.01. The Labute approximate surface area is 45.5 Å². The molecule has 0 aliphatic rings. The minimum Gasteiger partial charge on any atom is -0.278 e. The van der Waals surface area contributed by atoms with E-state index in [-0.39, 0.29) is 0 Å². The molecule has 8 heavy (non-hydrogen) atoms. The van der Waals surface area contributed by atoms with Crippen LogP contribution in [0.2, 0.25) is 0 Å². The van der Waals surface area contributed by atoms with E-state index in [1.807, 2.05) is 0 Å². The van der Waals surface area contributed by atoms with Crippen molar-refractivity contribution in [3.63, 3.8) is 0 Å². The molecule has 0 saturated carbocycles. The van der Waals surface area contributed by atoms with E-state index in [2.05, 4.69) is 9.05 Å². The van der Waals surface area contributed by atoms with Crippen LogP contribution in [-0.2, 0) is 13.6 Å². The number of hydrogen-bond donors (Lipinski definition) is 0. The van der Waals surface area contributed by atoms with Gasteiger partial charge in [-0.3, -0.25) is 13.6 Å². The van der Waals surface area contributed by atoms with Gasteiger partial charge in [0.25, 0.3) is 0 Å². The molecule has 0 aliphatic carbocycles. The highest BCUT2D eigenvalue weighted by atomic mass is 31.1. The van der Waals surface area contributed by atoms with E-state index in [4.69, 9.17) is 0 Å². The summed E-state index contributed by atoms with van der Waals surface area (Å²) in [5, 5.41) is 0. The summed E-state index contributed by atoms with van der Waals surface area (Å²) in [5.74, 6) is 0. The Balaban J connectivity index is 3.06. The van der Waals surface area contributed by atoms with Crippen molar-refractivity contribution in [3.05, 3.63) is 0 Å². The molecule has 0 aromatic carbocycles. The maximum Gasteiger partial charge on any atom is 0.323 e. The lowest BCUT2D eigenvalue weighted by molar-refractivity contribution is 0.127. The summed E-state index contributed by atoms with van der Waals surface area (Å²) < 4.78 is 39.2. The summed E-state index contributed by atoms with van der Waals surface area (Å²) in [6.45, 7) is -2.42. The van der Waals surface area contributed by atoms with Crippen LogP contribution in [0, 0.1) is 0 Å². The van der Waals surface area contributed by atoms with Crippen LogP contribution in [0.15, 0.2) is 0 Å². The highest BCUT2D eigenvalue weighted by molar-refractivity contribution is 7.33. The van der Waals surface area contributed by atoms with Crippen LogP contribution in [0.5, 0.6) is 0 Å². The van der Waals surface area contributed by atoms with Crippen molar-refractivity contribution in [2.45, 2.75) is 0 Å². The van der Waals surface area contributed by atoms with Crippen molar-refractivity contribution >= 4 is 8.25 Å². The van der Waals surface area contributed by atoms with Gasteiger partial charge in [0.1, 0.15) is 0 Å². The molecule has 0 rings (SSSR count). The quantitative estimate of drug-likeness (QED) is 0.560. The maximum atomic E-state index is 11.0. The van der Waals surface area contributed by atoms with Crippen molar-refractivity contribution in [2.75, 3.05) is 13.7 Å². The molecule has 0 amide bonds. The van der Waals surface area contributed by atoms with Gasteiger partial charge in [0.05, 0.1) is 0 Å². The molecular formula is C2H5F2O3P. The molecule has 0 aromatic heterocycles. The second-order valence-corrected chi connectivity index (χ2v) is 1.83. The minimum absolute atomic E-state index is 1.21. The van der Waals surface area contributed by atoms with Crippen LogP contribution in [0.4, 0.5) is 8.78 Å². The van der Waals surface area contributed by atoms with Gasteiger partial charge < -0.3 is 0 Å². The molecule has 0 N–H and O–H groups in total. The third-order valence-corrected chi connectivity index (χ3v) is 1.03. The first-order valence-electron chi connectivity index (χ1n) is 1.72. The molecule has 0 atom stereocenters. The Kier molecular flexibility index (Phi) is 5.16. The smallest absolute Gasteiger partial charge is 0.278 e. The van der Waals surface area contributed by atoms with Gasteiger partial charge in [0, 0.05) is 0 Å². The van der Waals surface area contributed by atoms with Gasteiger partial charge >= 0.3 is 8.25 Å². The minimum atomic E-state index is -2.89. The summed E-state index contributed by atoms with van der Waals surface area (Å²) in [6, 6.07) is 0. The highest BCUT2D eigenvalue weighted by Gasteiger charge is 1.94. The number of alkyl halides is 2. The Morgan fingerprint density at radius 1 is 1.25 bits per heavy atom. The fraction of sp³-hybridized carbons (Fsp3) is 1.00. The van der Waals surface area contributed by atoms with E-state index in [1.54, 1.807) is 0 Å². The monoisotopic (exact) mass is 146 g/mol. The average Bonchev–Trinajstić information content (AvgIpc) is 1.68. The fourth-order valence-electron chi connectivity index (χ4n) is 0.131. The van der Waals surface area contributed by atoms with Gasteiger partial charge in [-0.1, -0.05) is 0 Å². The molecule has 6 heteroatoms. The lowest BCUT2D eigenvalue weighted by Crippen LogP contribution is -1.79. The lowest BCUT2D eigenvalue weighted by atomic mass is 11.6. The second-order valence-electron chi connectivity index (χ2n) is 0.757. The van der Waals surface area contributed by atoms with Crippen LogP contribution < -0.4 is 0 Å². The van der Waals surface area contributed by atoms with Gasteiger partial charge in [-0.05, 0) is 0 Å². The number of rotatable bonds is 4. The van der Waals surface area contributed by atoms with Gasteiger partial charge in [0.2, 0.25) is 0 Å². The zero-order valence-corrected chi connectivity index (χ0v) is 4.89. The molecule has 0 aromatic rings. The standard InChI is InChI=1S/C2H5F2O3P/c3-1-6-8(5)7-2-4/h8H,1-2H2. The molecule has 0 bridgehead atoms. The van der Waals surface area contributed by atoms with E-state index in [9.17, 15) is 13.3 Å². The van der Waals surface area contributed by atoms with Gasteiger partial charge in [-0.25, -0.2) is 8.78 Å². The summed E-state index contributed by atoms with van der Waals surface area (Å²) in [4.78, 5) is 0. The van der Waals surface area contributed by atoms with E-state index in [0.717, 1.165) is 0 Å². The van der Waals surface area contributed by atoms with E-state index in [0.29, 0.717) is 0 Å². The average molecular weight is 146 g/mol. The third kappa shape index (κ3) is 4.18. The summed E-state index contributed by atoms with van der Waals surface area (Å²) >= 11 is 0. The van der Waals surface area contributed by atoms with E-state index in [1.165, 1.54) is 0 Å². The third-order valence-electron chi connectivity index (χ3n) is 0.345. The molecule has 0 fully saturated rings. The molecule has 0 spiro atoms. The molecule has 0 radical (unpaired) electrons. The topological polar surface area (TPSA) is 35.5 Å². The van der Waals surface area contributed by atoms with Crippen molar-refractivity contribution in [1.29, 1.82) is 0 Å². The number of hydrogen-bond acceptors (Lipinski definition) is 3. The Bertz CT molecular complexity index is 69.7. The predicted octanol–water partition coefficient (Wildman–Crippen LogP) is 1.26. The number of halogens is 2. The summed E-state index contributed by atoms with van der Waals surface area (Å²) in [7, 11) is -2.89. The zero-order valence-electron chi connectivity index (χ0n) is 3.89. The van der Waals surface area contributed by atoms with Crippen LogP contribution >= 0.6 is 8.25 Å². The first-order chi connectivity index (χ1) is 3.81. The second kappa shape index (κ2) is 5.15. The van der Waals surface area contributed by atoms with Crippen LogP contribution in [0.1, 0.15) is 0 Å². The normalized spacial score (nSPS) is 10.4. The molecule has 0 unspecified atom stereocenters. The summed E-state index contributed by atoms with van der Waals surface area (Å²) in [6.07, 6.45) is 0. The van der Waals surface area contributed by atoms with Crippen LogP contribution in [0.3, 0.4) is 0 Å². The molecule has 0 heterocycles. The predicted molar refractivity (Wildman–Crippen MR) is 23.1 cm³/mol. The van der Waals surface area contributed by atoms with Crippen molar-refractivity contribution in [2.24, 2.45) is 0 Å². The maximum absolute atomic E-state index is 11.0. The van der Waals surface area contributed by atoms with E-state index >= 15 is 0 Å². The van der Waals surface area contributed by atoms with Crippen molar-refractivity contribution < 1.29 is 22.4 Å². The van der Waals surface area contributed by atoms with Crippen molar-refractivity contribution in [1.82, 2.24) is 0 Å². The van der Waals surface area contributed by atoms with Gasteiger partial charge in [-0.2, -0.15) is 0 Å². The largest absolute Gasteiger partial charge is 0.323 e. The van der Waals surface area contributed by atoms with Crippen LogP contribution in [-0.4, -0.2) is 13.7 Å². The lowest BCUT2D eigenvalue weighted by Gasteiger charge is -1.94. The summed E-state index contributed by atoms with van der Waals surface area (Å²) in [5.41, 5.74) is 0. The van der Waals surface area contributed by atoms with Crippen molar-refractivity contribution in [3.8, 4) is 0 Å². The van der Waals surface area contributed by atoms with Gasteiger partial charge in [0.15, 0.2) is 13.7 Å². The fourth-order valence-corrected chi connectivity index (χ4v) is 0.392. The van der Waals surface area contributed by atoms with Gasteiger partial charge in [-0.15, -0.1) is 0 Å². The SMILES string of the molecule is O=[PH](OCF)OCF.